The van der Waals surface area contributed by atoms with Crippen molar-refractivity contribution in [2.45, 2.75) is 38.3 Å². The minimum atomic E-state index is 0. The van der Waals surface area contributed by atoms with Gasteiger partial charge in [0.05, 0.1) is 0 Å². The minimum absolute atomic E-state index is 0. The number of nitrogens with one attached hydrogen (secondary N) is 2. The highest BCUT2D eigenvalue weighted by molar-refractivity contribution is 5.94. The van der Waals surface area contributed by atoms with Crippen LogP contribution in [0.25, 0.3) is 0 Å². The van der Waals surface area contributed by atoms with E-state index in [1.54, 1.807) is 0 Å². The maximum absolute atomic E-state index is 11.5. The molecule has 2 heterocycles. The van der Waals surface area contributed by atoms with Gasteiger partial charge in [-0.2, -0.15) is 0 Å². The number of carbonyl (C=O) groups is 1. The highest BCUT2D eigenvalue weighted by Gasteiger charge is 2.21. The summed E-state index contributed by atoms with van der Waals surface area (Å²) in [5, 5.41) is 6.65. The molecular weight excluding hydrogens is 397 g/mol. The van der Waals surface area contributed by atoms with E-state index in [1.807, 2.05) is 0 Å². The van der Waals surface area contributed by atoms with Gasteiger partial charge in [-0.25, -0.2) is 0 Å². The second-order valence-corrected chi connectivity index (χ2v) is 7.02. The number of hydrogen-bond donors (Lipinski definition) is 2. The number of anilines is 2. The summed E-state index contributed by atoms with van der Waals surface area (Å²) in [5.74, 6) is 0.130. The summed E-state index contributed by atoms with van der Waals surface area (Å²) in [6, 6.07) is 17.6. The molecule has 1 saturated heterocycles. The van der Waals surface area contributed by atoms with Crippen LogP contribution in [0.15, 0.2) is 48.5 Å². The Kier molecular flexibility index (Phi) is 9.76. The van der Waals surface area contributed by atoms with Crippen LogP contribution in [0.4, 0.5) is 11.4 Å². The number of amides is 1. The molecule has 0 saturated carbocycles. The average Bonchev–Trinajstić information content (AvgIpc) is 2.67. The van der Waals surface area contributed by atoms with Crippen molar-refractivity contribution in [3.05, 3.63) is 59.7 Å². The van der Waals surface area contributed by atoms with Crippen LogP contribution in [0.5, 0.6) is 0 Å². The number of piperidine rings is 1. The summed E-state index contributed by atoms with van der Waals surface area (Å²) in [7, 11) is 0. The molecule has 1 fully saturated rings. The zero-order chi connectivity index (χ0) is 17.1. The molecule has 0 aromatic heterocycles. The fraction of sp³-hybridized carbons (Fsp3) is 0.381. The maximum Gasteiger partial charge on any atom is 0.224 e. The summed E-state index contributed by atoms with van der Waals surface area (Å²) < 4.78 is 0. The average molecular weight is 426 g/mol. The summed E-state index contributed by atoms with van der Waals surface area (Å²) in [5.41, 5.74) is 4.89. The van der Waals surface area contributed by atoms with Gasteiger partial charge >= 0.3 is 0 Å². The lowest BCUT2D eigenvalue weighted by Gasteiger charge is -2.34. The molecule has 4 rings (SSSR count). The third-order valence-electron chi connectivity index (χ3n) is 5.28. The van der Waals surface area contributed by atoms with Crippen LogP contribution in [0, 0.1) is 0 Å². The Hall–Kier alpha value is -1.79. The number of carbonyl (C=O) groups excluding carboxylic acids is 1. The van der Waals surface area contributed by atoms with Gasteiger partial charge in [0.25, 0.3) is 0 Å². The molecule has 7 heteroatoms. The van der Waals surface area contributed by atoms with Crippen molar-refractivity contribution in [1.82, 2.24) is 5.32 Å². The van der Waals surface area contributed by atoms with Crippen LogP contribution < -0.4 is 15.5 Å². The molecule has 5 nitrogen and oxygen atoms in total. The monoisotopic (exact) mass is 425 g/mol. The molecule has 0 bridgehead atoms. The van der Waals surface area contributed by atoms with Gasteiger partial charge in [-0.15, -0.1) is 24.8 Å². The zero-order valence-electron chi connectivity index (χ0n) is 15.8. The van der Waals surface area contributed by atoms with E-state index >= 15 is 0 Å². The van der Waals surface area contributed by atoms with Crippen molar-refractivity contribution in [3.63, 3.8) is 0 Å². The molecule has 0 aliphatic carbocycles. The van der Waals surface area contributed by atoms with Crippen LogP contribution in [0.2, 0.25) is 0 Å². The van der Waals surface area contributed by atoms with Crippen molar-refractivity contribution in [2.24, 2.45) is 0 Å². The number of nitrogens with zero attached hydrogens (tertiary/aromatic N) is 1. The lowest BCUT2D eigenvalue weighted by atomic mass is 10.00. The van der Waals surface area contributed by atoms with E-state index in [-0.39, 0.29) is 36.2 Å². The molecule has 4 N–H and O–H groups in total. The summed E-state index contributed by atoms with van der Waals surface area (Å²) >= 11 is 0. The van der Waals surface area contributed by atoms with Crippen molar-refractivity contribution < 1.29 is 10.3 Å². The van der Waals surface area contributed by atoms with Crippen molar-refractivity contribution in [1.29, 1.82) is 0 Å². The minimum Gasteiger partial charge on any atom is -0.412 e. The zero-order valence-corrected chi connectivity index (χ0v) is 17.5. The Balaban J connectivity index is 0.00000131. The van der Waals surface area contributed by atoms with Crippen LogP contribution in [-0.4, -0.2) is 30.5 Å². The first-order valence-electron chi connectivity index (χ1n) is 9.23. The van der Waals surface area contributed by atoms with E-state index in [9.17, 15) is 4.79 Å². The Morgan fingerprint density at radius 3 is 2.43 bits per heavy atom. The molecule has 2 aliphatic heterocycles. The third-order valence-corrected chi connectivity index (χ3v) is 5.28. The smallest absolute Gasteiger partial charge is 0.224 e. The molecular formula is C21H29Cl2N3O2. The number of aryl methyl sites for hydroxylation is 1. The largest absolute Gasteiger partial charge is 0.412 e. The molecule has 0 spiro atoms. The highest BCUT2D eigenvalue weighted by Crippen LogP contribution is 2.29. The number of halogens is 2. The molecule has 2 aromatic rings. The Morgan fingerprint density at radius 2 is 1.71 bits per heavy atom. The van der Waals surface area contributed by atoms with Crippen LogP contribution in [0.1, 0.15) is 30.4 Å². The van der Waals surface area contributed by atoms with E-state index in [2.05, 4.69) is 64.1 Å². The summed E-state index contributed by atoms with van der Waals surface area (Å²) in [6.07, 6.45) is 3.79. The Bertz CT molecular complexity index is 751. The number of benzene rings is 2. The molecule has 28 heavy (non-hydrogen) atoms. The van der Waals surface area contributed by atoms with Crippen LogP contribution >= 0.6 is 24.8 Å². The van der Waals surface area contributed by atoms with E-state index in [1.165, 1.54) is 29.7 Å². The van der Waals surface area contributed by atoms with E-state index < -0.39 is 0 Å². The van der Waals surface area contributed by atoms with Gasteiger partial charge in [0, 0.05) is 43.5 Å². The fourth-order valence-electron chi connectivity index (χ4n) is 3.77. The first-order chi connectivity index (χ1) is 12.3. The van der Waals surface area contributed by atoms with E-state index in [0.29, 0.717) is 12.5 Å². The quantitative estimate of drug-likeness (QED) is 0.788. The lowest BCUT2D eigenvalue weighted by molar-refractivity contribution is -0.116. The molecule has 2 aliphatic rings. The topological polar surface area (TPSA) is 75.9 Å². The molecule has 2 aromatic carbocycles. The maximum atomic E-state index is 11.5. The first-order valence-corrected chi connectivity index (χ1v) is 9.23. The van der Waals surface area contributed by atoms with Gasteiger partial charge < -0.3 is 21.0 Å². The van der Waals surface area contributed by atoms with Gasteiger partial charge in [0.1, 0.15) is 0 Å². The van der Waals surface area contributed by atoms with Crippen molar-refractivity contribution in [3.8, 4) is 0 Å². The van der Waals surface area contributed by atoms with Gasteiger partial charge in [0.15, 0.2) is 0 Å². The van der Waals surface area contributed by atoms with Gasteiger partial charge in [0.2, 0.25) is 5.91 Å². The number of fused-ring (bicyclic) bond motifs is 1. The second-order valence-electron chi connectivity index (χ2n) is 7.02. The molecule has 0 atom stereocenters. The Morgan fingerprint density at radius 1 is 1.00 bits per heavy atom. The predicted octanol–water partition coefficient (Wildman–Crippen LogP) is 3.35. The number of rotatable bonds is 4. The van der Waals surface area contributed by atoms with E-state index in [4.69, 9.17) is 0 Å². The van der Waals surface area contributed by atoms with Crippen molar-refractivity contribution >= 4 is 42.1 Å². The van der Waals surface area contributed by atoms with Crippen LogP contribution in [0.3, 0.4) is 0 Å². The van der Waals surface area contributed by atoms with Gasteiger partial charge in [-0.3, -0.25) is 4.79 Å². The number of hydrogen-bond acceptors (Lipinski definition) is 3. The Labute approximate surface area is 179 Å². The lowest BCUT2D eigenvalue weighted by Crippen LogP contribution is -2.42. The van der Waals surface area contributed by atoms with Crippen LogP contribution in [-0.2, 0) is 17.8 Å². The van der Waals surface area contributed by atoms with E-state index in [0.717, 1.165) is 31.7 Å². The molecule has 0 unspecified atom stereocenters. The SMILES string of the molecule is Cl.Cl.O.O=C1CCc2cc(N3CCC(NCc4ccccc4)CC3)ccc2N1. The van der Waals surface area contributed by atoms with Gasteiger partial charge in [-0.05, 0) is 48.6 Å². The fourth-order valence-corrected chi connectivity index (χ4v) is 3.77. The molecule has 154 valence electrons. The molecule has 0 radical (unpaired) electrons. The normalized spacial score (nSPS) is 16.0. The summed E-state index contributed by atoms with van der Waals surface area (Å²) in [6.45, 7) is 3.11. The highest BCUT2D eigenvalue weighted by atomic mass is 35.5. The van der Waals surface area contributed by atoms with Gasteiger partial charge in [-0.1, -0.05) is 30.3 Å². The standard InChI is InChI=1S/C21H25N3O.2ClH.H2O/c25-21-9-6-17-14-19(7-8-20(17)23-21)24-12-10-18(11-13-24)22-15-16-4-2-1-3-5-16;;;/h1-5,7-8,14,18,22H,6,9-13,15H2,(H,23,25);2*1H;1H2. The summed E-state index contributed by atoms with van der Waals surface area (Å²) in [4.78, 5) is 14.0. The second kappa shape index (κ2) is 11.3. The third kappa shape index (κ3) is 5.85. The predicted molar refractivity (Wildman–Crippen MR) is 120 cm³/mol. The van der Waals surface area contributed by atoms with Crippen molar-refractivity contribution in [2.75, 3.05) is 23.3 Å². The first kappa shape index (κ1) is 24.2. The molecule has 1 amide bonds.